The van der Waals surface area contributed by atoms with Gasteiger partial charge in [0.1, 0.15) is 0 Å². The molecular formula is C8H9BN2O2S. The number of hydrogen-bond donors (Lipinski definition) is 2. The van der Waals surface area contributed by atoms with Crippen LogP contribution in [0.4, 0.5) is 0 Å². The normalized spacial score (nSPS) is 10.5. The van der Waals surface area contributed by atoms with E-state index in [0.717, 1.165) is 10.4 Å². The van der Waals surface area contributed by atoms with Gasteiger partial charge in [-0.3, -0.25) is 4.68 Å². The van der Waals surface area contributed by atoms with Gasteiger partial charge in [0, 0.05) is 28.5 Å². The molecule has 2 heterocycles. The first-order chi connectivity index (χ1) is 6.66. The zero-order chi connectivity index (χ0) is 10.1. The third-order valence-electron chi connectivity index (χ3n) is 1.87. The summed E-state index contributed by atoms with van der Waals surface area (Å²) in [4.78, 5) is 0.987. The average Bonchev–Trinajstić information content (AvgIpc) is 2.70. The van der Waals surface area contributed by atoms with Crippen LogP contribution in [0.2, 0.25) is 0 Å². The molecule has 2 aromatic heterocycles. The minimum absolute atomic E-state index is 0.545. The number of hydrogen-bond acceptors (Lipinski definition) is 4. The van der Waals surface area contributed by atoms with E-state index in [1.54, 1.807) is 16.9 Å². The fraction of sp³-hybridized carbons (Fsp3) is 0.125. The Morgan fingerprint density at radius 1 is 1.43 bits per heavy atom. The van der Waals surface area contributed by atoms with Crippen LogP contribution >= 0.6 is 11.3 Å². The Morgan fingerprint density at radius 3 is 2.71 bits per heavy atom. The van der Waals surface area contributed by atoms with Gasteiger partial charge < -0.3 is 10.0 Å². The van der Waals surface area contributed by atoms with Crippen molar-refractivity contribution >= 4 is 23.2 Å². The van der Waals surface area contributed by atoms with E-state index in [1.165, 1.54) is 11.3 Å². The van der Waals surface area contributed by atoms with Crippen LogP contribution in [0.1, 0.15) is 0 Å². The molecule has 2 aromatic rings. The number of aryl methyl sites for hydroxylation is 1. The first-order valence-corrected chi connectivity index (χ1v) is 4.93. The minimum Gasteiger partial charge on any atom is -0.423 e. The Bertz CT molecular complexity index is 438. The van der Waals surface area contributed by atoms with Gasteiger partial charge in [-0.1, -0.05) is 6.07 Å². The van der Waals surface area contributed by atoms with Crippen molar-refractivity contribution < 1.29 is 10.0 Å². The summed E-state index contributed by atoms with van der Waals surface area (Å²) in [7, 11) is 0.462. The summed E-state index contributed by atoms with van der Waals surface area (Å²) < 4.78 is 2.26. The Morgan fingerprint density at radius 2 is 2.21 bits per heavy atom. The van der Waals surface area contributed by atoms with Crippen molar-refractivity contribution in [3.63, 3.8) is 0 Å². The molecule has 0 saturated carbocycles. The summed E-state index contributed by atoms with van der Waals surface area (Å²) in [5.74, 6) is 0. The minimum atomic E-state index is -1.38. The lowest BCUT2D eigenvalue weighted by molar-refractivity contribution is 0.427. The van der Waals surface area contributed by atoms with Crippen LogP contribution in [0.25, 0.3) is 10.4 Å². The van der Waals surface area contributed by atoms with E-state index in [1.807, 2.05) is 19.3 Å². The molecule has 0 spiro atoms. The van der Waals surface area contributed by atoms with Crippen molar-refractivity contribution in [2.75, 3.05) is 0 Å². The molecule has 72 valence electrons. The van der Waals surface area contributed by atoms with Crippen LogP contribution in [0.3, 0.4) is 0 Å². The Hall–Kier alpha value is -1.11. The highest BCUT2D eigenvalue weighted by Crippen LogP contribution is 2.22. The zero-order valence-corrected chi connectivity index (χ0v) is 8.40. The molecule has 0 aliphatic heterocycles. The van der Waals surface area contributed by atoms with Crippen molar-refractivity contribution in [2.24, 2.45) is 7.05 Å². The second-order valence-corrected chi connectivity index (χ2v) is 4.09. The second-order valence-electron chi connectivity index (χ2n) is 2.98. The monoisotopic (exact) mass is 208 g/mol. The lowest BCUT2D eigenvalue weighted by Gasteiger charge is -1.90. The van der Waals surface area contributed by atoms with E-state index in [2.05, 4.69) is 5.10 Å². The summed E-state index contributed by atoms with van der Waals surface area (Å²) in [6, 6.07) is 3.56. The van der Waals surface area contributed by atoms with Crippen molar-refractivity contribution in [3.8, 4) is 10.4 Å². The number of thiophene rings is 1. The van der Waals surface area contributed by atoms with Crippen molar-refractivity contribution in [1.82, 2.24) is 9.78 Å². The topological polar surface area (TPSA) is 58.3 Å². The van der Waals surface area contributed by atoms with E-state index in [0.29, 0.717) is 4.78 Å². The molecule has 0 radical (unpaired) electrons. The van der Waals surface area contributed by atoms with Gasteiger partial charge in [0.2, 0.25) is 0 Å². The van der Waals surface area contributed by atoms with Crippen molar-refractivity contribution in [3.05, 3.63) is 24.5 Å². The van der Waals surface area contributed by atoms with Gasteiger partial charge in [0.05, 0.1) is 6.20 Å². The molecule has 0 bridgehead atoms. The molecule has 0 saturated heterocycles. The van der Waals surface area contributed by atoms with Crippen LogP contribution in [0.5, 0.6) is 0 Å². The zero-order valence-electron chi connectivity index (χ0n) is 7.58. The van der Waals surface area contributed by atoms with Crippen LogP contribution in [-0.2, 0) is 7.05 Å². The first-order valence-electron chi connectivity index (χ1n) is 4.11. The quantitative estimate of drug-likeness (QED) is 0.673. The van der Waals surface area contributed by atoms with E-state index in [9.17, 15) is 0 Å². The molecule has 0 amide bonds. The summed E-state index contributed by atoms with van der Waals surface area (Å²) in [6.07, 6.45) is 3.64. The van der Waals surface area contributed by atoms with E-state index >= 15 is 0 Å². The average molecular weight is 208 g/mol. The van der Waals surface area contributed by atoms with Gasteiger partial charge in [-0.15, -0.1) is 11.3 Å². The number of aromatic nitrogens is 2. The molecule has 0 fully saturated rings. The third kappa shape index (κ3) is 1.72. The van der Waals surface area contributed by atoms with E-state index in [-0.39, 0.29) is 0 Å². The van der Waals surface area contributed by atoms with E-state index in [4.69, 9.17) is 10.0 Å². The predicted molar refractivity (Wildman–Crippen MR) is 56.3 cm³/mol. The molecule has 0 aliphatic rings. The SMILES string of the molecule is Cn1cc(-c2ccc(B(O)O)s2)cn1. The molecule has 2 N–H and O–H groups in total. The van der Waals surface area contributed by atoms with Crippen LogP contribution < -0.4 is 4.78 Å². The summed E-state index contributed by atoms with van der Waals surface area (Å²) in [6.45, 7) is 0. The molecule has 0 aromatic carbocycles. The molecule has 6 heteroatoms. The van der Waals surface area contributed by atoms with Crippen LogP contribution in [0.15, 0.2) is 24.5 Å². The van der Waals surface area contributed by atoms with Crippen LogP contribution in [0, 0.1) is 0 Å². The van der Waals surface area contributed by atoms with Gasteiger partial charge >= 0.3 is 7.12 Å². The summed E-state index contributed by atoms with van der Waals surface area (Å²) in [5.41, 5.74) is 0.990. The summed E-state index contributed by atoms with van der Waals surface area (Å²) >= 11 is 1.35. The van der Waals surface area contributed by atoms with Gasteiger partial charge in [-0.2, -0.15) is 5.10 Å². The highest BCUT2D eigenvalue weighted by Gasteiger charge is 2.14. The van der Waals surface area contributed by atoms with Gasteiger partial charge in [0.25, 0.3) is 0 Å². The summed E-state index contributed by atoms with van der Waals surface area (Å²) in [5, 5.41) is 21.9. The largest absolute Gasteiger partial charge is 0.499 e. The maximum atomic E-state index is 8.93. The molecule has 0 unspecified atom stereocenters. The van der Waals surface area contributed by atoms with Gasteiger partial charge in [0.15, 0.2) is 0 Å². The van der Waals surface area contributed by atoms with Crippen LogP contribution in [-0.4, -0.2) is 26.9 Å². The Kier molecular flexibility index (Phi) is 2.41. The third-order valence-corrected chi connectivity index (χ3v) is 3.04. The lowest BCUT2D eigenvalue weighted by atomic mass is 9.90. The first kappa shape index (κ1) is 9.45. The fourth-order valence-electron chi connectivity index (χ4n) is 1.20. The molecular weight excluding hydrogens is 199 g/mol. The molecule has 0 atom stereocenters. The highest BCUT2D eigenvalue weighted by atomic mass is 32.1. The molecule has 14 heavy (non-hydrogen) atoms. The predicted octanol–water partition coefficient (Wildman–Crippen LogP) is -0.172. The fourth-order valence-corrected chi connectivity index (χ4v) is 2.05. The molecule has 4 nitrogen and oxygen atoms in total. The molecule has 0 aliphatic carbocycles. The lowest BCUT2D eigenvalue weighted by Crippen LogP contribution is -2.26. The Labute approximate surface area is 85.6 Å². The van der Waals surface area contributed by atoms with Gasteiger partial charge in [-0.05, 0) is 6.07 Å². The Balaban J connectivity index is 2.33. The van der Waals surface area contributed by atoms with Crippen molar-refractivity contribution in [2.45, 2.75) is 0 Å². The highest BCUT2D eigenvalue weighted by molar-refractivity contribution is 7.24. The molecule has 2 rings (SSSR count). The van der Waals surface area contributed by atoms with E-state index < -0.39 is 7.12 Å². The number of rotatable bonds is 2. The number of nitrogens with zero attached hydrogens (tertiary/aromatic N) is 2. The maximum Gasteiger partial charge on any atom is 0.499 e. The standard InChI is InChI=1S/C8H9BN2O2S/c1-11-5-6(4-10-11)7-2-3-8(14-7)9(12)13/h2-5,12-13H,1H3. The smallest absolute Gasteiger partial charge is 0.423 e. The maximum absolute atomic E-state index is 8.93. The van der Waals surface area contributed by atoms with Gasteiger partial charge in [-0.25, -0.2) is 0 Å². The van der Waals surface area contributed by atoms with Crippen molar-refractivity contribution in [1.29, 1.82) is 0 Å². The second kappa shape index (κ2) is 3.57.